The Morgan fingerprint density at radius 3 is 1.63 bits per heavy atom. The van der Waals surface area contributed by atoms with Crippen LogP contribution in [-0.4, -0.2) is 58.4 Å². The van der Waals surface area contributed by atoms with Crippen molar-refractivity contribution in [3.63, 3.8) is 0 Å². The molecule has 8 heteroatoms. The molecule has 0 aliphatic carbocycles. The van der Waals surface area contributed by atoms with Gasteiger partial charge >= 0.3 is 0 Å². The first kappa shape index (κ1) is 31.2. The largest absolute Gasteiger partial charge is 0.496 e. The summed E-state index contributed by atoms with van der Waals surface area (Å²) in [6.07, 6.45) is 5.89. The van der Waals surface area contributed by atoms with Crippen LogP contribution in [0.5, 0.6) is 28.7 Å². The average molecular weight is 498 g/mol. The Balaban J connectivity index is 0.00000612. The minimum Gasteiger partial charge on any atom is -0.496 e. The van der Waals surface area contributed by atoms with Crippen LogP contribution < -0.4 is 29.0 Å². The van der Waals surface area contributed by atoms with Gasteiger partial charge in [-0.15, -0.1) is 0 Å². The van der Waals surface area contributed by atoms with E-state index < -0.39 is 0 Å². The van der Waals surface area contributed by atoms with Crippen LogP contribution in [-0.2, 0) is 0 Å². The molecular formula is C27H39LiO6P. The number of methoxy groups -OCH3 is 2. The minimum absolute atomic E-state index is 0. The van der Waals surface area contributed by atoms with Crippen molar-refractivity contribution >= 4 is 38.3 Å². The Hall–Kier alpha value is -1.86. The number of carbonyl (C=O) groups is 1. The molecule has 2 aromatic rings. The van der Waals surface area contributed by atoms with E-state index in [1.54, 1.807) is 32.4 Å². The van der Waals surface area contributed by atoms with E-state index >= 15 is 0 Å². The van der Waals surface area contributed by atoms with Gasteiger partial charge in [-0.05, 0) is 40.0 Å². The molecule has 6 nitrogen and oxygen atoms in total. The van der Waals surface area contributed by atoms with E-state index in [2.05, 4.69) is 20.8 Å². The van der Waals surface area contributed by atoms with E-state index in [1.165, 1.54) is 0 Å². The van der Waals surface area contributed by atoms with Crippen LogP contribution in [0.4, 0.5) is 0 Å². The van der Waals surface area contributed by atoms with Gasteiger partial charge in [-0.1, -0.05) is 46.1 Å². The van der Waals surface area contributed by atoms with Crippen molar-refractivity contribution in [3.05, 3.63) is 35.9 Å². The molecule has 0 aliphatic rings. The van der Waals surface area contributed by atoms with Crippen LogP contribution >= 0.6 is 8.58 Å². The Morgan fingerprint density at radius 2 is 1.20 bits per heavy atom. The van der Waals surface area contributed by atoms with Crippen molar-refractivity contribution in [2.75, 3.05) is 34.0 Å². The molecule has 189 valence electrons. The van der Waals surface area contributed by atoms with Crippen molar-refractivity contribution in [2.24, 2.45) is 0 Å². The second-order valence-corrected chi connectivity index (χ2v) is 9.10. The Bertz CT molecular complexity index is 852. The van der Waals surface area contributed by atoms with Crippen molar-refractivity contribution in [2.45, 2.75) is 59.3 Å². The van der Waals surface area contributed by atoms with Crippen molar-refractivity contribution in [1.29, 1.82) is 0 Å². The molecule has 0 bridgehead atoms. The Kier molecular flexibility index (Phi) is 15.6. The smallest absolute Gasteiger partial charge is 0.193 e. The molecule has 0 spiro atoms. The number of carbonyl (C=O) groups excluding carboxylic acids is 1. The summed E-state index contributed by atoms with van der Waals surface area (Å²) in [5.74, 6) is 2.93. The molecule has 0 N–H and O–H groups in total. The van der Waals surface area contributed by atoms with Gasteiger partial charge < -0.3 is 23.7 Å². The number of rotatable bonds is 17. The standard InChI is InChI=1S/C27H39O6P.Li/c1-6-9-15-31-20-18-23(32-16-10-7-2)26(24(19-20)33-17-11-8-3)34-27(28)25-21(29-4)13-12-14-22(25)30-5;/h12-14,18-19,34H,6-11,15-17H2,1-5H3;. The quantitative estimate of drug-likeness (QED) is 0.152. The second-order valence-electron chi connectivity index (χ2n) is 7.89. The summed E-state index contributed by atoms with van der Waals surface area (Å²) in [7, 11) is 2.87. The van der Waals surface area contributed by atoms with Crippen molar-refractivity contribution < 1.29 is 28.5 Å². The molecule has 0 heterocycles. The number of hydrogen-bond donors (Lipinski definition) is 0. The van der Waals surface area contributed by atoms with Crippen molar-refractivity contribution in [1.82, 2.24) is 0 Å². The van der Waals surface area contributed by atoms with E-state index in [9.17, 15) is 4.79 Å². The first-order valence-electron chi connectivity index (χ1n) is 12.2. The van der Waals surface area contributed by atoms with E-state index in [1.807, 2.05) is 12.1 Å². The molecule has 1 atom stereocenters. The average Bonchev–Trinajstić information content (AvgIpc) is 2.85. The Morgan fingerprint density at radius 1 is 0.743 bits per heavy atom. The summed E-state index contributed by atoms with van der Waals surface area (Å²) in [5, 5.41) is 0.744. The molecule has 2 rings (SSSR count). The van der Waals surface area contributed by atoms with E-state index in [4.69, 9.17) is 23.7 Å². The van der Waals surface area contributed by atoms with Gasteiger partial charge in [0.05, 0.1) is 39.3 Å². The maximum Gasteiger partial charge on any atom is 0.193 e. The molecular weight excluding hydrogens is 458 g/mol. The molecule has 0 saturated heterocycles. The number of hydrogen-bond acceptors (Lipinski definition) is 6. The van der Waals surface area contributed by atoms with E-state index in [-0.39, 0.29) is 33.0 Å². The SMILES string of the molecule is CCCCOc1cc(OCCCC)c(PC(=O)c2c(OC)cccc2OC)c(OCCCC)c1.[Li]. The normalized spacial score (nSPS) is 10.7. The summed E-state index contributed by atoms with van der Waals surface area (Å²) in [6.45, 7) is 8.11. The fraction of sp³-hybridized carbons (Fsp3) is 0.519. The monoisotopic (exact) mass is 497 g/mol. The van der Waals surface area contributed by atoms with E-state index in [0.29, 0.717) is 54.1 Å². The fourth-order valence-electron chi connectivity index (χ4n) is 3.24. The van der Waals surface area contributed by atoms with Gasteiger partial charge in [0.2, 0.25) is 0 Å². The third kappa shape index (κ3) is 9.60. The zero-order valence-corrected chi connectivity index (χ0v) is 23.2. The number of unbranched alkanes of at least 4 members (excludes halogenated alkanes) is 3. The minimum atomic E-state index is -0.230. The van der Waals surface area contributed by atoms with Gasteiger partial charge in [0, 0.05) is 31.0 Å². The molecule has 0 aliphatic heterocycles. The number of benzene rings is 2. The summed E-state index contributed by atoms with van der Waals surface area (Å²) in [4.78, 5) is 13.5. The molecule has 0 aromatic heterocycles. The van der Waals surface area contributed by atoms with Gasteiger partial charge in [0.15, 0.2) is 5.52 Å². The molecule has 1 radical (unpaired) electrons. The summed E-state index contributed by atoms with van der Waals surface area (Å²) < 4.78 is 29.2. The van der Waals surface area contributed by atoms with Crippen LogP contribution in [0, 0.1) is 0 Å². The van der Waals surface area contributed by atoms with Crippen molar-refractivity contribution in [3.8, 4) is 28.7 Å². The molecule has 2 aromatic carbocycles. The summed E-state index contributed by atoms with van der Waals surface area (Å²) in [6, 6.07) is 9.10. The van der Waals surface area contributed by atoms with Crippen LogP contribution in [0.3, 0.4) is 0 Å². The van der Waals surface area contributed by atoms with Gasteiger partial charge in [-0.2, -0.15) is 0 Å². The zero-order chi connectivity index (χ0) is 24.8. The van der Waals surface area contributed by atoms with Gasteiger partial charge in [0.1, 0.15) is 34.3 Å². The third-order valence-electron chi connectivity index (χ3n) is 5.21. The second kappa shape index (κ2) is 17.5. The summed E-state index contributed by atoms with van der Waals surface area (Å²) >= 11 is 0. The topological polar surface area (TPSA) is 63.2 Å². The molecule has 0 saturated carbocycles. The molecule has 0 fully saturated rings. The van der Waals surface area contributed by atoms with Gasteiger partial charge in [0.25, 0.3) is 0 Å². The maximum atomic E-state index is 13.5. The first-order chi connectivity index (χ1) is 16.6. The van der Waals surface area contributed by atoms with Gasteiger partial charge in [-0.3, -0.25) is 4.79 Å². The van der Waals surface area contributed by atoms with Crippen LogP contribution in [0.2, 0.25) is 0 Å². The predicted octanol–water partition coefficient (Wildman–Crippen LogP) is 6.00. The third-order valence-corrected chi connectivity index (χ3v) is 6.43. The first-order valence-corrected chi connectivity index (χ1v) is 13.2. The zero-order valence-electron chi connectivity index (χ0n) is 22.2. The number of ether oxygens (including phenoxy) is 5. The van der Waals surface area contributed by atoms with Crippen LogP contribution in [0.1, 0.15) is 69.7 Å². The molecule has 35 heavy (non-hydrogen) atoms. The predicted molar refractivity (Wildman–Crippen MR) is 145 cm³/mol. The van der Waals surface area contributed by atoms with Crippen LogP contribution in [0.25, 0.3) is 0 Å². The summed E-state index contributed by atoms with van der Waals surface area (Å²) in [5.41, 5.74) is 0.322. The van der Waals surface area contributed by atoms with E-state index in [0.717, 1.165) is 43.8 Å². The molecule has 0 amide bonds. The molecule has 1 unspecified atom stereocenters. The van der Waals surface area contributed by atoms with Gasteiger partial charge in [-0.25, -0.2) is 0 Å². The Labute approximate surface area is 224 Å². The van der Waals surface area contributed by atoms with Crippen LogP contribution in [0.15, 0.2) is 30.3 Å². The fourth-order valence-corrected chi connectivity index (χ4v) is 4.37. The maximum absolute atomic E-state index is 13.5.